The van der Waals surface area contributed by atoms with Crippen molar-refractivity contribution < 1.29 is 0 Å². The van der Waals surface area contributed by atoms with E-state index in [1.54, 1.807) is 18.4 Å². The van der Waals surface area contributed by atoms with E-state index in [0.717, 1.165) is 50.1 Å². The molecule has 2 heterocycles. The quantitative estimate of drug-likeness (QED) is 0.645. The van der Waals surface area contributed by atoms with Gasteiger partial charge in [0.1, 0.15) is 5.01 Å². The summed E-state index contributed by atoms with van der Waals surface area (Å²) in [6, 6.07) is 8.75. The zero-order valence-electron chi connectivity index (χ0n) is 14.4. The number of aromatic nitrogens is 1. The molecule has 0 radical (unpaired) electrons. The van der Waals surface area contributed by atoms with Crippen LogP contribution in [-0.2, 0) is 19.5 Å². The van der Waals surface area contributed by atoms with Gasteiger partial charge in [-0.05, 0) is 24.5 Å². The molecule has 5 nitrogen and oxygen atoms in total. The number of rotatable bonds is 5. The highest BCUT2D eigenvalue weighted by molar-refractivity contribution is 7.11. The minimum Gasteiger partial charge on any atom is -0.355 e. The van der Waals surface area contributed by atoms with Crippen molar-refractivity contribution >= 4 is 17.3 Å². The van der Waals surface area contributed by atoms with Crippen molar-refractivity contribution in [1.82, 2.24) is 20.5 Å². The summed E-state index contributed by atoms with van der Waals surface area (Å²) in [6.45, 7) is 6.87. The molecule has 128 valence electrons. The Balaban J connectivity index is 1.40. The van der Waals surface area contributed by atoms with Crippen LogP contribution in [0.4, 0.5) is 0 Å². The second-order valence-corrected chi connectivity index (χ2v) is 7.33. The molecule has 24 heavy (non-hydrogen) atoms. The van der Waals surface area contributed by atoms with Gasteiger partial charge in [-0.1, -0.05) is 24.3 Å². The summed E-state index contributed by atoms with van der Waals surface area (Å²) in [4.78, 5) is 12.4. The number of aryl methyl sites for hydroxylation is 1. The predicted octanol–water partition coefficient (Wildman–Crippen LogP) is 2.17. The van der Waals surface area contributed by atoms with Gasteiger partial charge in [0.2, 0.25) is 0 Å². The molecule has 0 spiro atoms. The molecule has 0 saturated carbocycles. The highest BCUT2D eigenvalue weighted by Gasteiger charge is 2.15. The van der Waals surface area contributed by atoms with Gasteiger partial charge in [-0.3, -0.25) is 9.89 Å². The van der Waals surface area contributed by atoms with Crippen LogP contribution < -0.4 is 10.6 Å². The molecule has 1 aliphatic rings. The van der Waals surface area contributed by atoms with Crippen molar-refractivity contribution in [3.63, 3.8) is 0 Å². The van der Waals surface area contributed by atoms with E-state index in [0.29, 0.717) is 0 Å². The highest BCUT2D eigenvalue weighted by Crippen LogP contribution is 2.17. The third-order valence-corrected chi connectivity index (χ3v) is 5.14. The average Bonchev–Trinajstić information content (AvgIpc) is 3.03. The number of hydrogen-bond acceptors (Lipinski definition) is 4. The highest BCUT2D eigenvalue weighted by atomic mass is 32.1. The number of guanidine groups is 1. The lowest BCUT2D eigenvalue weighted by molar-refractivity contribution is 0.258. The molecular formula is C18H25N5S. The lowest BCUT2D eigenvalue weighted by Gasteiger charge is -2.28. The molecule has 2 N–H and O–H groups in total. The number of hydrogen-bond donors (Lipinski definition) is 2. The van der Waals surface area contributed by atoms with Crippen LogP contribution in [0.15, 0.2) is 35.5 Å². The molecule has 1 aliphatic heterocycles. The Morgan fingerprint density at radius 1 is 1.29 bits per heavy atom. The summed E-state index contributed by atoms with van der Waals surface area (Å²) in [5.41, 5.74) is 2.96. The van der Waals surface area contributed by atoms with E-state index in [1.165, 1.54) is 16.0 Å². The van der Waals surface area contributed by atoms with Crippen LogP contribution in [0.25, 0.3) is 0 Å². The van der Waals surface area contributed by atoms with Gasteiger partial charge in [-0.25, -0.2) is 4.98 Å². The Kier molecular flexibility index (Phi) is 5.82. The Morgan fingerprint density at radius 3 is 2.88 bits per heavy atom. The van der Waals surface area contributed by atoms with Gasteiger partial charge in [-0.15, -0.1) is 11.3 Å². The van der Waals surface area contributed by atoms with Crippen LogP contribution in [0.3, 0.4) is 0 Å². The first-order chi connectivity index (χ1) is 11.7. The van der Waals surface area contributed by atoms with E-state index in [2.05, 4.69) is 56.7 Å². The third-order valence-electron chi connectivity index (χ3n) is 4.23. The van der Waals surface area contributed by atoms with Crippen molar-refractivity contribution in [3.05, 3.63) is 51.5 Å². The SMILES string of the molecule is CN=C(NCCN1CCc2ccccc2C1)NCc1ncc(C)s1. The van der Waals surface area contributed by atoms with E-state index in [4.69, 9.17) is 0 Å². The lowest BCUT2D eigenvalue weighted by Crippen LogP contribution is -2.42. The Labute approximate surface area is 147 Å². The fourth-order valence-corrected chi connectivity index (χ4v) is 3.67. The number of nitrogens with zero attached hydrogens (tertiary/aromatic N) is 3. The van der Waals surface area contributed by atoms with E-state index in [9.17, 15) is 0 Å². The molecular weight excluding hydrogens is 318 g/mol. The minimum absolute atomic E-state index is 0.718. The number of thiazole rings is 1. The second-order valence-electron chi connectivity index (χ2n) is 6.01. The molecule has 0 fully saturated rings. The Bertz CT molecular complexity index is 694. The van der Waals surface area contributed by atoms with Crippen molar-refractivity contribution in [3.8, 4) is 0 Å². The summed E-state index contributed by atoms with van der Waals surface area (Å²) in [7, 11) is 1.81. The number of aliphatic imine (C=N–C) groups is 1. The van der Waals surface area contributed by atoms with Crippen LogP contribution in [-0.4, -0.2) is 42.5 Å². The van der Waals surface area contributed by atoms with Crippen LogP contribution >= 0.6 is 11.3 Å². The smallest absolute Gasteiger partial charge is 0.191 e. The Morgan fingerprint density at radius 2 is 2.12 bits per heavy atom. The summed E-state index contributed by atoms with van der Waals surface area (Å²) >= 11 is 1.72. The standard InChI is InChI=1S/C18H25N5S/c1-14-11-21-17(24-14)12-22-18(19-2)20-8-10-23-9-7-15-5-3-4-6-16(15)13-23/h3-6,11H,7-10,12-13H2,1-2H3,(H2,19,20,22). The molecule has 0 amide bonds. The first-order valence-electron chi connectivity index (χ1n) is 8.39. The second kappa shape index (κ2) is 8.26. The van der Waals surface area contributed by atoms with Crippen LogP contribution in [0.5, 0.6) is 0 Å². The molecule has 6 heteroatoms. The van der Waals surface area contributed by atoms with E-state index < -0.39 is 0 Å². The largest absolute Gasteiger partial charge is 0.355 e. The summed E-state index contributed by atoms with van der Waals surface area (Å²) < 4.78 is 0. The van der Waals surface area contributed by atoms with Crippen LogP contribution in [0, 0.1) is 6.92 Å². The molecule has 0 saturated heterocycles. The molecule has 0 aliphatic carbocycles. The van der Waals surface area contributed by atoms with Gasteiger partial charge in [-0.2, -0.15) is 0 Å². The van der Waals surface area contributed by atoms with Crippen molar-refractivity contribution in [2.75, 3.05) is 26.7 Å². The molecule has 2 aromatic rings. The van der Waals surface area contributed by atoms with Gasteiger partial charge in [0.05, 0.1) is 6.54 Å². The summed E-state index contributed by atoms with van der Waals surface area (Å²) in [6.07, 6.45) is 3.05. The van der Waals surface area contributed by atoms with Crippen molar-refractivity contribution in [2.45, 2.75) is 26.4 Å². The molecule has 1 aromatic heterocycles. The normalized spacial score (nSPS) is 15.2. The number of nitrogens with one attached hydrogen (secondary N) is 2. The minimum atomic E-state index is 0.718. The third kappa shape index (κ3) is 4.55. The van der Waals surface area contributed by atoms with Gasteiger partial charge in [0.15, 0.2) is 5.96 Å². The number of fused-ring (bicyclic) bond motifs is 1. The fourth-order valence-electron chi connectivity index (χ4n) is 2.94. The van der Waals surface area contributed by atoms with Crippen LogP contribution in [0.2, 0.25) is 0 Å². The maximum absolute atomic E-state index is 4.36. The monoisotopic (exact) mass is 343 g/mol. The maximum Gasteiger partial charge on any atom is 0.191 e. The average molecular weight is 344 g/mol. The predicted molar refractivity (Wildman–Crippen MR) is 100 cm³/mol. The van der Waals surface area contributed by atoms with Crippen molar-refractivity contribution in [2.24, 2.45) is 4.99 Å². The van der Waals surface area contributed by atoms with E-state index in [-0.39, 0.29) is 0 Å². The van der Waals surface area contributed by atoms with Gasteiger partial charge < -0.3 is 10.6 Å². The Hall–Kier alpha value is -1.92. The van der Waals surface area contributed by atoms with Crippen molar-refractivity contribution in [1.29, 1.82) is 0 Å². The lowest BCUT2D eigenvalue weighted by atomic mass is 10.00. The molecule has 0 atom stereocenters. The fraction of sp³-hybridized carbons (Fsp3) is 0.444. The van der Waals surface area contributed by atoms with Gasteiger partial charge >= 0.3 is 0 Å². The van der Waals surface area contributed by atoms with E-state index >= 15 is 0 Å². The maximum atomic E-state index is 4.36. The molecule has 0 unspecified atom stereocenters. The topological polar surface area (TPSA) is 52.6 Å². The zero-order valence-corrected chi connectivity index (χ0v) is 15.2. The first-order valence-corrected chi connectivity index (χ1v) is 9.21. The van der Waals surface area contributed by atoms with E-state index in [1.807, 2.05) is 6.20 Å². The first kappa shape index (κ1) is 16.9. The molecule has 1 aromatic carbocycles. The zero-order chi connectivity index (χ0) is 16.8. The van der Waals surface area contributed by atoms with Gasteiger partial charge in [0.25, 0.3) is 0 Å². The van der Waals surface area contributed by atoms with Crippen LogP contribution in [0.1, 0.15) is 21.0 Å². The summed E-state index contributed by atoms with van der Waals surface area (Å²) in [5.74, 6) is 0.834. The number of benzene rings is 1. The summed E-state index contributed by atoms with van der Waals surface area (Å²) in [5, 5.41) is 7.80. The molecule has 0 bridgehead atoms. The molecule has 3 rings (SSSR count). The van der Waals surface area contributed by atoms with Gasteiger partial charge in [0, 0.05) is 44.3 Å².